The van der Waals surface area contributed by atoms with Gasteiger partial charge in [-0.05, 0) is 31.3 Å². The molecule has 0 rings (SSSR count). The summed E-state index contributed by atoms with van der Waals surface area (Å²) in [5, 5.41) is 3.27. The summed E-state index contributed by atoms with van der Waals surface area (Å²) in [7, 11) is 1.63. The Morgan fingerprint density at radius 3 is 2.14 bits per heavy atom. The van der Waals surface area contributed by atoms with Gasteiger partial charge in [0, 0.05) is 41.5 Å². The lowest BCUT2D eigenvalue weighted by molar-refractivity contribution is 0.138. The van der Waals surface area contributed by atoms with Crippen LogP contribution in [0.3, 0.4) is 0 Å². The van der Waals surface area contributed by atoms with Gasteiger partial charge in [-0.3, -0.25) is 0 Å². The normalized spacial score (nSPS) is 15.4. The Morgan fingerprint density at radius 1 is 1.00 bits per heavy atom. The van der Waals surface area contributed by atoms with Crippen LogP contribution in [0.4, 0.5) is 0 Å². The SMILES string of the molecule is CO[Si](C)(CCCNCCN)OCC=C[Si](OC)(OC)OC. The van der Waals surface area contributed by atoms with E-state index in [1.54, 1.807) is 28.4 Å². The van der Waals surface area contributed by atoms with E-state index >= 15 is 0 Å². The molecule has 0 aliphatic rings. The van der Waals surface area contributed by atoms with Gasteiger partial charge in [0.1, 0.15) is 0 Å². The molecule has 0 amide bonds. The third-order valence-corrected chi connectivity index (χ3v) is 8.65. The van der Waals surface area contributed by atoms with Gasteiger partial charge in [-0.25, -0.2) is 0 Å². The summed E-state index contributed by atoms with van der Waals surface area (Å²) < 4.78 is 27.5. The molecule has 132 valence electrons. The summed E-state index contributed by atoms with van der Waals surface area (Å²) in [5.74, 6) is 0. The highest BCUT2D eigenvalue weighted by Crippen LogP contribution is 2.15. The van der Waals surface area contributed by atoms with Crippen molar-refractivity contribution in [3.05, 3.63) is 11.8 Å². The topological polar surface area (TPSA) is 84.2 Å². The van der Waals surface area contributed by atoms with Gasteiger partial charge in [0.25, 0.3) is 0 Å². The van der Waals surface area contributed by atoms with Crippen LogP contribution in [0, 0.1) is 0 Å². The molecule has 22 heavy (non-hydrogen) atoms. The number of nitrogens with two attached hydrogens (primary N) is 1. The van der Waals surface area contributed by atoms with Gasteiger partial charge in [0.05, 0.1) is 6.61 Å². The summed E-state index contributed by atoms with van der Waals surface area (Å²) in [6.45, 7) is 4.95. The van der Waals surface area contributed by atoms with Crippen LogP contribution in [-0.2, 0) is 22.1 Å². The van der Waals surface area contributed by atoms with Gasteiger partial charge in [-0.2, -0.15) is 0 Å². The maximum atomic E-state index is 5.95. The van der Waals surface area contributed by atoms with Crippen LogP contribution in [0.1, 0.15) is 6.42 Å². The third-order valence-electron chi connectivity index (χ3n) is 3.40. The first-order valence-corrected chi connectivity index (χ1v) is 11.8. The first-order valence-electron chi connectivity index (χ1n) is 7.44. The van der Waals surface area contributed by atoms with E-state index in [2.05, 4.69) is 11.9 Å². The van der Waals surface area contributed by atoms with E-state index in [0.29, 0.717) is 13.2 Å². The predicted octanol–water partition coefficient (Wildman–Crippen LogP) is 0.633. The molecule has 7 nitrogen and oxygen atoms in total. The van der Waals surface area contributed by atoms with Crippen molar-refractivity contribution in [1.82, 2.24) is 5.32 Å². The molecule has 9 heteroatoms. The summed E-state index contributed by atoms with van der Waals surface area (Å²) in [4.78, 5) is 0. The first-order chi connectivity index (χ1) is 10.5. The zero-order chi connectivity index (χ0) is 16.9. The average molecular weight is 353 g/mol. The van der Waals surface area contributed by atoms with Crippen LogP contribution in [-0.4, -0.2) is 72.0 Å². The first kappa shape index (κ1) is 21.9. The zero-order valence-corrected chi connectivity index (χ0v) is 16.5. The summed E-state index contributed by atoms with van der Waals surface area (Å²) in [6, 6.07) is 0.927. The van der Waals surface area contributed by atoms with E-state index in [1.165, 1.54) is 0 Å². The Morgan fingerprint density at radius 2 is 1.64 bits per heavy atom. The Kier molecular flexibility index (Phi) is 12.3. The summed E-state index contributed by atoms with van der Waals surface area (Å²) >= 11 is 0. The highest BCUT2D eigenvalue weighted by Gasteiger charge is 2.34. The molecule has 1 atom stereocenters. The van der Waals surface area contributed by atoms with Crippen molar-refractivity contribution in [2.75, 3.05) is 54.7 Å². The Labute approximate surface area is 136 Å². The largest absolute Gasteiger partial charge is 0.528 e. The highest BCUT2D eigenvalue weighted by atomic mass is 28.4. The second-order valence-electron chi connectivity index (χ2n) is 4.91. The van der Waals surface area contributed by atoms with Crippen molar-refractivity contribution in [3.8, 4) is 0 Å². The summed E-state index contributed by atoms with van der Waals surface area (Å²) in [6.07, 6.45) is 2.88. The van der Waals surface area contributed by atoms with E-state index in [0.717, 1.165) is 25.6 Å². The monoisotopic (exact) mass is 352 g/mol. The highest BCUT2D eigenvalue weighted by molar-refractivity contribution is 6.66. The zero-order valence-electron chi connectivity index (χ0n) is 14.5. The number of hydrogen-bond acceptors (Lipinski definition) is 7. The third kappa shape index (κ3) is 8.51. The molecule has 0 fully saturated rings. The minimum atomic E-state index is -2.67. The molecule has 3 N–H and O–H groups in total. The minimum Gasteiger partial charge on any atom is -0.398 e. The number of nitrogens with one attached hydrogen (secondary N) is 1. The van der Waals surface area contributed by atoms with Gasteiger partial charge in [-0.1, -0.05) is 6.08 Å². The number of hydrogen-bond donors (Lipinski definition) is 2. The molecule has 0 aromatic heterocycles. The van der Waals surface area contributed by atoms with Gasteiger partial charge >= 0.3 is 17.4 Å². The maximum Gasteiger partial charge on any atom is 0.528 e. The van der Waals surface area contributed by atoms with Crippen molar-refractivity contribution in [2.45, 2.75) is 19.0 Å². The van der Waals surface area contributed by atoms with E-state index in [4.69, 9.17) is 27.9 Å². The molecule has 0 radical (unpaired) electrons. The molecule has 0 aliphatic heterocycles. The minimum absolute atomic E-state index is 0.456. The van der Waals surface area contributed by atoms with E-state index in [9.17, 15) is 0 Å². The molecule has 0 saturated heterocycles. The van der Waals surface area contributed by atoms with Crippen LogP contribution in [0.25, 0.3) is 0 Å². The van der Waals surface area contributed by atoms with Crippen LogP contribution in [0.2, 0.25) is 12.6 Å². The lowest BCUT2D eigenvalue weighted by Crippen LogP contribution is -2.41. The van der Waals surface area contributed by atoms with Gasteiger partial charge in [0.2, 0.25) is 0 Å². The van der Waals surface area contributed by atoms with Gasteiger partial charge in [-0.15, -0.1) is 0 Å². The fourth-order valence-electron chi connectivity index (χ4n) is 1.87. The van der Waals surface area contributed by atoms with Gasteiger partial charge < -0.3 is 33.2 Å². The molecule has 0 spiro atoms. The molecule has 0 aromatic carbocycles. The molecule has 0 saturated carbocycles. The molecular formula is C13H32N2O5Si2. The van der Waals surface area contributed by atoms with Crippen LogP contribution in [0.15, 0.2) is 11.8 Å². The molecular weight excluding hydrogens is 320 g/mol. The van der Waals surface area contributed by atoms with Crippen LogP contribution < -0.4 is 11.1 Å². The molecule has 0 aromatic rings. The molecule has 1 unspecified atom stereocenters. The van der Waals surface area contributed by atoms with Crippen molar-refractivity contribution in [2.24, 2.45) is 5.73 Å². The molecule has 0 bridgehead atoms. The smallest absolute Gasteiger partial charge is 0.398 e. The quantitative estimate of drug-likeness (QED) is 0.350. The number of rotatable bonds is 14. The van der Waals surface area contributed by atoms with Crippen molar-refractivity contribution >= 4 is 17.4 Å². The van der Waals surface area contributed by atoms with E-state index in [1.807, 2.05) is 11.8 Å². The predicted molar refractivity (Wildman–Crippen MR) is 91.8 cm³/mol. The second kappa shape index (κ2) is 12.3. The molecule has 0 heterocycles. The fourth-order valence-corrected chi connectivity index (χ4v) is 4.89. The maximum absolute atomic E-state index is 5.95. The summed E-state index contributed by atoms with van der Waals surface area (Å²) in [5.41, 5.74) is 7.25. The van der Waals surface area contributed by atoms with Crippen molar-refractivity contribution < 1.29 is 22.1 Å². The Hall–Kier alpha value is -0.106. The Balaban J connectivity index is 4.21. The Bertz CT molecular complexity index is 298. The lowest BCUT2D eigenvalue weighted by Gasteiger charge is -2.25. The fraction of sp³-hybridized carbons (Fsp3) is 0.846. The van der Waals surface area contributed by atoms with Crippen LogP contribution >= 0.6 is 0 Å². The second-order valence-corrected chi connectivity index (χ2v) is 11.1. The standard InChI is InChI=1S/C13H32N2O5Si2/c1-16-21(5,12-6-9-15-10-8-14)20-11-7-13-22(17-2,18-3)19-4/h7,13,15H,6,8-12,14H2,1-5H3. The van der Waals surface area contributed by atoms with Crippen molar-refractivity contribution in [3.63, 3.8) is 0 Å². The molecule has 0 aliphatic carbocycles. The van der Waals surface area contributed by atoms with Crippen molar-refractivity contribution in [1.29, 1.82) is 0 Å². The average Bonchev–Trinajstić information content (AvgIpc) is 2.55. The van der Waals surface area contributed by atoms with Crippen LogP contribution in [0.5, 0.6) is 0 Å². The van der Waals surface area contributed by atoms with Gasteiger partial charge in [0.15, 0.2) is 0 Å². The van der Waals surface area contributed by atoms with E-state index in [-0.39, 0.29) is 0 Å². The lowest BCUT2D eigenvalue weighted by atomic mass is 10.5. The van der Waals surface area contributed by atoms with E-state index < -0.39 is 17.4 Å².